The van der Waals surface area contributed by atoms with Gasteiger partial charge in [0.05, 0.1) is 0 Å². The Morgan fingerprint density at radius 2 is 1.76 bits per heavy atom. The molecule has 1 aromatic carbocycles. The molecule has 0 spiro atoms. The Bertz CT molecular complexity index is 569. The average Bonchev–Trinajstić information content (AvgIpc) is 2.45. The van der Waals surface area contributed by atoms with Crippen LogP contribution in [0.1, 0.15) is 51.0 Å². The summed E-state index contributed by atoms with van der Waals surface area (Å²) in [5.74, 6) is 2.03. The molecule has 4 aliphatic rings. The number of benzene rings is 1. The van der Waals surface area contributed by atoms with Crippen molar-refractivity contribution in [3.05, 3.63) is 42.0 Å². The number of ketones is 1. The van der Waals surface area contributed by atoms with Gasteiger partial charge in [-0.05, 0) is 68.3 Å². The van der Waals surface area contributed by atoms with Crippen molar-refractivity contribution in [3.63, 3.8) is 0 Å². The van der Waals surface area contributed by atoms with E-state index in [-0.39, 0.29) is 5.41 Å². The van der Waals surface area contributed by atoms with E-state index < -0.39 is 0 Å². The zero-order valence-electron chi connectivity index (χ0n) is 12.8. The van der Waals surface area contributed by atoms with Crippen molar-refractivity contribution in [2.75, 3.05) is 0 Å². The molecule has 0 aromatic heterocycles. The van der Waals surface area contributed by atoms with Crippen LogP contribution in [-0.4, -0.2) is 5.78 Å². The van der Waals surface area contributed by atoms with Gasteiger partial charge in [-0.2, -0.15) is 0 Å². The van der Waals surface area contributed by atoms with Crippen LogP contribution in [0.15, 0.2) is 36.4 Å². The lowest BCUT2D eigenvalue weighted by Crippen LogP contribution is -2.53. The normalized spacial score (nSPS) is 40.8. The van der Waals surface area contributed by atoms with Crippen molar-refractivity contribution in [2.24, 2.45) is 22.7 Å². The van der Waals surface area contributed by atoms with E-state index in [1.54, 1.807) is 0 Å². The van der Waals surface area contributed by atoms with Gasteiger partial charge in [-0.3, -0.25) is 4.79 Å². The van der Waals surface area contributed by atoms with Crippen LogP contribution in [0.3, 0.4) is 0 Å². The van der Waals surface area contributed by atoms with Crippen molar-refractivity contribution in [2.45, 2.75) is 45.4 Å². The molecule has 2 atom stereocenters. The van der Waals surface area contributed by atoms with Gasteiger partial charge in [-0.25, -0.2) is 0 Å². The summed E-state index contributed by atoms with van der Waals surface area (Å²) in [6.45, 7) is 1.84. The number of rotatable bonds is 3. The Kier molecular flexibility index (Phi) is 2.89. The fraction of sp³-hybridized carbons (Fsp3) is 0.550. The Hall–Kier alpha value is -1.37. The van der Waals surface area contributed by atoms with E-state index >= 15 is 0 Å². The molecule has 4 fully saturated rings. The van der Waals surface area contributed by atoms with Gasteiger partial charge in [0.25, 0.3) is 0 Å². The van der Waals surface area contributed by atoms with Gasteiger partial charge in [0, 0.05) is 5.41 Å². The smallest absolute Gasteiger partial charge is 0.136 e. The first-order chi connectivity index (χ1) is 10.1. The molecule has 4 saturated carbocycles. The zero-order valence-corrected chi connectivity index (χ0v) is 12.8. The van der Waals surface area contributed by atoms with Gasteiger partial charge in [0.15, 0.2) is 0 Å². The fourth-order valence-corrected chi connectivity index (χ4v) is 5.78. The van der Waals surface area contributed by atoms with Crippen molar-refractivity contribution in [1.29, 1.82) is 0 Å². The highest BCUT2D eigenvalue weighted by molar-refractivity contribution is 5.83. The molecule has 1 heteroatoms. The molecule has 0 aliphatic heterocycles. The maximum absolute atomic E-state index is 12.3. The molecular weight excluding hydrogens is 256 g/mol. The highest BCUT2D eigenvalue weighted by atomic mass is 16.1. The number of allylic oxidation sites excluding steroid dienone is 1. The molecule has 4 bridgehead atoms. The van der Waals surface area contributed by atoms with Gasteiger partial charge in [0.2, 0.25) is 0 Å². The fourth-order valence-electron chi connectivity index (χ4n) is 5.78. The molecule has 1 nitrogen and oxygen atoms in total. The monoisotopic (exact) mass is 280 g/mol. The Balaban J connectivity index is 1.65. The highest BCUT2D eigenvalue weighted by Gasteiger charge is 2.58. The quantitative estimate of drug-likeness (QED) is 0.771. The van der Waals surface area contributed by atoms with Crippen LogP contribution in [0, 0.1) is 22.7 Å². The van der Waals surface area contributed by atoms with Crippen LogP contribution < -0.4 is 0 Å². The van der Waals surface area contributed by atoms with E-state index in [0.29, 0.717) is 11.2 Å². The number of carbonyl (C=O) groups excluding carboxylic acids is 1. The third-order valence-electron chi connectivity index (χ3n) is 6.28. The highest BCUT2D eigenvalue weighted by Crippen LogP contribution is 2.66. The summed E-state index contributed by atoms with van der Waals surface area (Å²) in [5.41, 5.74) is 1.60. The Labute approximate surface area is 127 Å². The summed E-state index contributed by atoms with van der Waals surface area (Å²) in [5, 5.41) is 0. The second-order valence-electron chi connectivity index (χ2n) is 7.90. The van der Waals surface area contributed by atoms with Crippen LogP contribution in [0.25, 0.3) is 6.08 Å². The molecule has 2 unspecified atom stereocenters. The number of hydrogen-bond acceptors (Lipinski definition) is 1. The molecular formula is C20H24O. The third kappa shape index (κ3) is 2.18. The third-order valence-corrected chi connectivity index (χ3v) is 6.28. The maximum atomic E-state index is 12.3. The molecule has 21 heavy (non-hydrogen) atoms. The minimum Gasteiger partial charge on any atom is -0.299 e. The van der Waals surface area contributed by atoms with E-state index in [4.69, 9.17) is 0 Å². The standard InChI is InChI=1S/C20H24O/c1-15(21)20-12-17-9-18(13-20)11-19(10-17,14-20)8-7-16-5-3-2-4-6-16/h2-8,17-18H,9-14H2,1H3/b8-7+. The number of hydrogen-bond donors (Lipinski definition) is 0. The first-order valence-corrected chi connectivity index (χ1v) is 8.35. The molecule has 5 rings (SSSR count). The summed E-state index contributed by atoms with van der Waals surface area (Å²) in [7, 11) is 0. The van der Waals surface area contributed by atoms with Crippen molar-refractivity contribution < 1.29 is 4.79 Å². The second kappa shape index (κ2) is 4.56. The summed E-state index contributed by atoms with van der Waals surface area (Å²) in [4.78, 5) is 12.3. The topological polar surface area (TPSA) is 17.1 Å². The number of Topliss-reactive ketones (excluding diaryl/α,β-unsaturated/α-hetero) is 1. The van der Waals surface area contributed by atoms with Crippen LogP contribution in [0.4, 0.5) is 0 Å². The predicted molar refractivity (Wildman–Crippen MR) is 85.7 cm³/mol. The van der Waals surface area contributed by atoms with Crippen molar-refractivity contribution >= 4 is 11.9 Å². The molecule has 0 saturated heterocycles. The average molecular weight is 280 g/mol. The predicted octanol–water partition coefficient (Wildman–Crippen LogP) is 4.88. The molecule has 0 heterocycles. The van der Waals surface area contributed by atoms with E-state index in [2.05, 4.69) is 42.5 Å². The van der Waals surface area contributed by atoms with Gasteiger partial charge in [-0.15, -0.1) is 0 Å². The lowest BCUT2D eigenvalue weighted by molar-refractivity contribution is -0.147. The lowest BCUT2D eigenvalue weighted by atomic mass is 9.43. The molecule has 110 valence electrons. The minimum atomic E-state index is 0.0190. The molecule has 0 N–H and O–H groups in total. The van der Waals surface area contributed by atoms with Gasteiger partial charge >= 0.3 is 0 Å². The largest absolute Gasteiger partial charge is 0.299 e. The summed E-state index contributed by atoms with van der Waals surface area (Å²) in [6.07, 6.45) is 12.2. The number of carbonyl (C=O) groups is 1. The lowest BCUT2D eigenvalue weighted by Gasteiger charge is -2.60. The van der Waals surface area contributed by atoms with E-state index in [9.17, 15) is 4.79 Å². The molecule has 1 aromatic rings. The second-order valence-corrected chi connectivity index (χ2v) is 7.90. The first kappa shape index (κ1) is 13.3. The van der Waals surface area contributed by atoms with E-state index in [1.165, 1.54) is 37.7 Å². The van der Waals surface area contributed by atoms with Crippen LogP contribution in [-0.2, 0) is 4.79 Å². The Morgan fingerprint density at radius 3 is 2.38 bits per heavy atom. The van der Waals surface area contributed by atoms with Crippen LogP contribution >= 0.6 is 0 Å². The van der Waals surface area contributed by atoms with Gasteiger partial charge in [0.1, 0.15) is 5.78 Å². The summed E-state index contributed by atoms with van der Waals surface area (Å²) < 4.78 is 0. The van der Waals surface area contributed by atoms with Crippen molar-refractivity contribution in [3.8, 4) is 0 Å². The zero-order chi connectivity index (χ0) is 14.5. The molecule has 4 aliphatic carbocycles. The van der Waals surface area contributed by atoms with E-state index in [1.807, 2.05) is 6.92 Å². The van der Waals surface area contributed by atoms with Crippen LogP contribution in [0.5, 0.6) is 0 Å². The summed E-state index contributed by atoms with van der Waals surface area (Å²) in [6, 6.07) is 10.6. The summed E-state index contributed by atoms with van der Waals surface area (Å²) >= 11 is 0. The minimum absolute atomic E-state index is 0.0190. The maximum Gasteiger partial charge on any atom is 0.136 e. The van der Waals surface area contributed by atoms with Crippen LogP contribution in [0.2, 0.25) is 0 Å². The molecule has 0 amide bonds. The first-order valence-electron chi connectivity index (χ1n) is 8.35. The SMILES string of the molecule is CC(=O)C12CC3CC(CC(/C=C/c4ccccc4)(C3)C1)C2. The Morgan fingerprint density at radius 1 is 1.10 bits per heavy atom. The van der Waals surface area contributed by atoms with Gasteiger partial charge in [-0.1, -0.05) is 42.5 Å². The van der Waals surface area contributed by atoms with Crippen molar-refractivity contribution in [1.82, 2.24) is 0 Å². The molecule has 0 radical (unpaired) electrons. The van der Waals surface area contributed by atoms with E-state index in [0.717, 1.165) is 18.3 Å². The van der Waals surface area contributed by atoms with Gasteiger partial charge < -0.3 is 0 Å².